The van der Waals surface area contributed by atoms with Crippen LogP contribution in [0.1, 0.15) is 38.5 Å². The van der Waals surface area contributed by atoms with E-state index >= 15 is 0 Å². The van der Waals surface area contributed by atoms with Crippen LogP contribution in [-0.4, -0.2) is 37.7 Å². The van der Waals surface area contributed by atoms with Crippen LogP contribution in [0.25, 0.3) is 0 Å². The molecule has 3 aliphatic rings. The topological polar surface area (TPSA) is 50.4 Å². The van der Waals surface area contributed by atoms with E-state index in [9.17, 15) is 4.79 Å². The van der Waals surface area contributed by atoms with Crippen molar-refractivity contribution >= 4 is 5.91 Å². The second-order valence-corrected chi connectivity index (χ2v) is 5.92. The van der Waals surface area contributed by atoms with Crippen LogP contribution < -0.4 is 10.6 Å². The standard InChI is InChI=1S/C13H22N2O2/c16-12(15-10-3-1-4-10)11-7-13(9-17-11)5-2-6-14-8-13/h10-11,14H,1-9H2,(H,15,16). The third kappa shape index (κ3) is 2.33. The molecule has 3 fully saturated rings. The Labute approximate surface area is 102 Å². The minimum Gasteiger partial charge on any atom is -0.368 e. The van der Waals surface area contributed by atoms with Crippen molar-refractivity contribution in [3.63, 3.8) is 0 Å². The second-order valence-electron chi connectivity index (χ2n) is 5.92. The molecule has 0 aromatic carbocycles. The molecule has 0 bridgehead atoms. The molecular weight excluding hydrogens is 216 g/mol. The first-order valence-corrected chi connectivity index (χ1v) is 6.90. The van der Waals surface area contributed by atoms with Crippen molar-refractivity contribution in [3.05, 3.63) is 0 Å². The van der Waals surface area contributed by atoms with E-state index in [2.05, 4.69) is 10.6 Å². The van der Waals surface area contributed by atoms with Gasteiger partial charge in [-0.2, -0.15) is 0 Å². The molecule has 1 amide bonds. The molecule has 1 spiro atoms. The van der Waals surface area contributed by atoms with Crippen LogP contribution in [0.2, 0.25) is 0 Å². The molecule has 96 valence electrons. The number of rotatable bonds is 2. The Morgan fingerprint density at radius 1 is 1.35 bits per heavy atom. The van der Waals surface area contributed by atoms with Gasteiger partial charge >= 0.3 is 0 Å². The fourth-order valence-electron chi connectivity index (χ4n) is 3.13. The van der Waals surface area contributed by atoms with Crippen LogP contribution in [-0.2, 0) is 9.53 Å². The van der Waals surface area contributed by atoms with Gasteiger partial charge in [-0.25, -0.2) is 0 Å². The van der Waals surface area contributed by atoms with Gasteiger partial charge in [0.15, 0.2) is 0 Å². The molecule has 17 heavy (non-hydrogen) atoms. The molecule has 2 heterocycles. The zero-order valence-corrected chi connectivity index (χ0v) is 10.3. The van der Waals surface area contributed by atoms with Crippen LogP contribution in [0, 0.1) is 5.41 Å². The Morgan fingerprint density at radius 2 is 2.24 bits per heavy atom. The largest absolute Gasteiger partial charge is 0.368 e. The summed E-state index contributed by atoms with van der Waals surface area (Å²) in [4.78, 5) is 12.0. The molecule has 0 radical (unpaired) electrons. The predicted octanol–water partition coefficient (Wildman–Crippen LogP) is 0.814. The Morgan fingerprint density at radius 3 is 2.88 bits per heavy atom. The van der Waals surface area contributed by atoms with Crippen LogP contribution in [0.15, 0.2) is 0 Å². The van der Waals surface area contributed by atoms with Gasteiger partial charge in [-0.05, 0) is 45.1 Å². The number of hydrogen-bond donors (Lipinski definition) is 2. The van der Waals surface area contributed by atoms with Gasteiger partial charge in [0.05, 0.1) is 6.61 Å². The average molecular weight is 238 g/mol. The van der Waals surface area contributed by atoms with Crippen molar-refractivity contribution in [2.24, 2.45) is 5.41 Å². The maximum Gasteiger partial charge on any atom is 0.249 e. The highest BCUT2D eigenvalue weighted by atomic mass is 16.5. The molecule has 2 N–H and O–H groups in total. The van der Waals surface area contributed by atoms with Gasteiger partial charge in [0, 0.05) is 18.0 Å². The summed E-state index contributed by atoms with van der Waals surface area (Å²) in [6.07, 6.45) is 6.66. The smallest absolute Gasteiger partial charge is 0.249 e. The van der Waals surface area contributed by atoms with Gasteiger partial charge in [0.2, 0.25) is 5.91 Å². The van der Waals surface area contributed by atoms with Crippen LogP contribution in [0.4, 0.5) is 0 Å². The van der Waals surface area contributed by atoms with Gasteiger partial charge in [-0.15, -0.1) is 0 Å². The van der Waals surface area contributed by atoms with Crippen molar-refractivity contribution in [1.82, 2.24) is 10.6 Å². The Bertz CT molecular complexity index is 296. The van der Waals surface area contributed by atoms with Crippen LogP contribution in [0.5, 0.6) is 0 Å². The Hall–Kier alpha value is -0.610. The molecule has 3 rings (SSSR count). The summed E-state index contributed by atoms with van der Waals surface area (Å²) in [5.41, 5.74) is 0.236. The maximum absolute atomic E-state index is 12.0. The number of piperidine rings is 1. The number of carbonyl (C=O) groups is 1. The predicted molar refractivity (Wildman–Crippen MR) is 64.7 cm³/mol. The zero-order chi connectivity index (χ0) is 11.7. The highest BCUT2D eigenvalue weighted by molar-refractivity contribution is 5.81. The lowest BCUT2D eigenvalue weighted by atomic mass is 9.79. The summed E-state index contributed by atoms with van der Waals surface area (Å²) >= 11 is 0. The first kappa shape index (κ1) is 11.5. The molecule has 4 heteroatoms. The maximum atomic E-state index is 12.0. The minimum atomic E-state index is -0.199. The number of amides is 1. The third-order valence-corrected chi connectivity index (χ3v) is 4.51. The van der Waals surface area contributed by atoms with Gasteiger partial charge in [-0.3, -0.25) is 4.79 Å². The molecule has 2 unspecified atom stereocenters. The number of ether oxygens (including phenoxy) is 1. The first-order chi connectivity index (χ1) is 8.27. The Balaban J connectivity index is 1.53. The number of carbonyl (C=O) groups excluding carboxylic acids is 1. The number of hydrogen-bond acceptors (Lipinski definition) is 3. The lowest BCUT2D eigenvalue weighted by molar-refractivity contribution is -0.131. The van der Waals surface area contributed by atoms with E-state index in [-0.39, 0.29) is 17.4 Å². The van der Waals surface area contributed by atoms with Crippen molar-refractivity contribution in [2.45, 2.75) is 50.7 Å². The molecule has 4 nitrogen and oxygen atoms in total. The van der Waals surface area contributed by atoms with Crippen LogP contribution >= 0.6 is 0 Å². The minimum absolute atomic E-state index is 0.122. The molecule has 0 aromatic rings. The molecule has 1 saturated carbocycles. The zero-order valence-electron chi connectivity index (χ0n) is 10.3. The van der Waals surface area contributed by atoms with Crippen molar-refractivity contribution in [2.75, 3.05) is 19.7 Å². The highest BCUT2D eigenvalue weighted by Gasteiger charge is 2.43. The van der Waals surface area contributed by atoms with E-state index in [0.29, 0.717) is 6.04 Å². The highest BCUT2D eigenvalue weighted by Crippen LogP contribution is 2.38. The summed E-state index contributed by atoms with van der Waals surface area (Å²) in [7, 11) is 0. The quantitative estimate of drug-likeness (QED) is 0.748. The van der Waals surface area contributed by atoms with Crippen molar-refractivity contribution < 1.29 is 9.53 Å². The summed E-state index contributed by atoms with van der Waals surface area (Å²) in [5, 5.41) is 6.52. The lowest BCUT2D eigenvalue weighted by Gasteiger charge is -2.32. The van der Waals surface area contributed by atoms with Crippen LogP contribution in [0.3, 0.4) is 0 Å². The summed E-state index contributed by atoms with van der Waals surface area (Å²) in [5.74, 6) is 0.122. The van der Waals surface area contributed by atoms with Crippen molar-refractivity contribution in [3.8, 4) is 0 Å². The molecule has 0 aromatic heterocycles. The molecular formula is C13H22N2O2. The number of nitrogens with one attached hydrogen (secondary N) is 2. The normalized spacial score (nSPS) is 38.0. The summed E-state index contributed by atoms with van der Waals surface area (Å²) in [6, 6.07) is 0.423. The monoisotopic (exact) mass is 238 g/mol. The van der Waals surface area contributed by atoms with Gasteiger partial charge in [-0.1, -0.05) is 0 Å². The molecule has 2 saturated heterocycles. The lowest BCUT2D eigenvalue weighted by Crippen LogP contribution is -2.45. The second kappa shape index (κ2) is 4.58. The summed E-state index contributed by atoms with van der Waals surface area (Å²) in [6.45, 7) is 2.88. The fourth-order valence-corrected chi connectivity index (χ4v) is 3.13. The average Bonchev–Trinajstić information content (AvgIpc) is 2.68. The van der Waals surface area contributed by atoms with E-state index in [1.54, 1.807) is 0 Å². The van der Waals surface area contributed by atoms with E-state index in [0.717, 1.165) is 39.0 Å². The SMILES string of the molecule is O=C(NC1CCC1)C1CC2(CCCNC2)CO1. The third-order valence-electron chi connectivity index (χ3n) is 4.51. The van der Waals surface area contributed by atoms with E-state index in [1.807, 2.05) is 0 Å². The van der Waals surface area contributed by atoms with Gasteiger partial charge in [0.1, 0.15) is 6.10 Å². The summed E-state index contributed by atoms with van der Waals surface area (Å²) < 4.78 is 5.73. The molecule has 1 aliphatic carbocycles. The van der Waals surface area contributed by atoms with E-state index in [4.69, 9.17) is 4.74 Å². The molecule has 2 aliphatic heterocycles. The van der Waals surface area contributed by atoms with E-state index < -0.39 is 0 Å². The fraction of sp³-hybridized carbons (Fsp3) is 0.923. The van der Waals surface area contributed by atoms with E-state index in [1.165, 1.54) is 19.3 Å². The van der Waals surface area contributed by atoms with Crippen molar-refractivity contribution in [1.29, 1.82) is 0 Å². The molecule has 2 atom stereocenters. The first-order valence-electron chi connectivity index (χ1n) is 6.90. The Kier molecular flexibility index (Phi) is 3.09. The van der Waals surface area contributed by atoms with Gasteiger partial charge in [0.25, 0.3) is 0 Å². The van der Waals surface area contributed by atoms with Gasteiger partial charge < -0.3 is 15.4 Å².